The predicted octanol–water partition coefficient (Wildman–Crippen LogP) is 3.00. The molecule has 0 spiro atoms. The van der Waals surface area contributed by atoms with E-state index in [1.165, 1.54) is 0 Å². The van der Waals surface area contributed by atoms with Gasteiger partial charge in [0.05, 0.1) is 12.2 Å². The first-order valence-corrected chi connectivity index (χ1v) is 4.87. The van der Waals surface area contributed by atoms with Crippen molar-refractivity contribution in [3.8, 4) is 23.7 Å². The fourth-order valence-electron chi connectivity index (χ4n) is 1.04. The molecule has 0 fully saturated rings. The van der Waals surface area contributed by atoms with Gasteiger partial charge in [-0.2, -0.15) is 5.26 Å². The van der Waals surface area contributed by atoms with Crippen molar-refractivity contribution in [2.45, 2.75) is 13.3 Å². The van der Waals surface area contributed by atoms with E-state index in [1.54, 1.807) is 25.1 Å². The number of hydrogen-bond donors (Lipinski definition) is 0. The van der Waals surface area contributed by atoms with Crippen molar-refractivity contribution in [2.24, 2.45) is 0 Å². The maximum atomic E-state index is 8.81. The highest BCUT2D eigenvalue weighted by atomic mass is 35.5. The number of rotatable bonds is 3. The molecule has 0 heterocycles. The van der Waals surface area contributed by atoms with E-state index >= 15 is 0 Å². The molecule has 0 atom stereocenters. The summed E-state index contributed by atoms with van der Waals surface area (Å²) in [6, 6.07) is 6.99. The van der Waals surface area contributed by atoms with Gasteiger partial charge in [0.1, 0.15) is 11.8 Å². The molecule has 0 aromatic heterocycles. The van der Waals surface area contributed by atoms with Crippen molar-refractivity contribution < 1.29 is 4.74 Å². The summed E-state index contributed by atoms with van der Waals surface area (Å²) in [7, 11) is 0. The maximum Gasteiger partial charge on any atom is 0.138 e. The van der Waals surface area contributed by atoms with Crippen molar-refractivity contribution in [3.05, 3.63) is 28.8 Å². The van der Waals surface area contributed by atoms with Crippen LogP contribution in [0.4, 0.5) is 0 Å². The van der Waals surface area contributed by atoms with Crippen LogP contribution in [0.2, 0.25) is 5.02 Å². The molecule has 1 aromatic rings. The van der Waals surface area contributed by atoms with Crippen molar-refractivity contribution in [1.29, 1.82) is 5.26 Å². The van der Waals surface area contributed by atoms with Crippen LogP contribution in [-0.2, 0) is 0 Å². The summed E-state index contributed by atoms with van der Waals surface area (Å²) >= 11 is 5.80. The van der Waals surface area contributed by atoms with Gasteiger partial charge in [0, 0.05) is 17.5 Å². The van der Waals surface area contributed by atoms with Gasteiger partial charge in [-0.15, -0.1) is 11.8 Å². The molecule has 1 aromatic carbocycles. The molecule has 0 unspecified atom stereocenters. The molecule has 3 heteroatoms. The van der Waals surface area contributed by atoms with Crippen molar-refractivity contribution in [3.63, 3.8) is 0 Å². The molecule has 0 aliphatic heterocycles. The summed E-state index contributed by atoms with van der Waals surface area (Å²) in [6.45, 7) is 2.25. The molecule has 15 heavy (non-hydrogen) atoms. The fourth-order valence-corrected chi connectivity index (χ4v) is 1.21. The van der Waals surface area contributed by atoms with Crippen LogP contribution in [0.1, 0.15) is 18.9 Å². The van der Waals surface area contributed by atoms with Crippen LogP contribution in [0.15, 0.2) is 18.2 Å². The summed E-state index contributed by atoms with van der Waals surface area (Å²) < 4.78 is 5.40. The Hall–Kier alpha value is -1.64. The SMILES string of the molecule is CC#CCCOc1cc(Cl)ccc1C#N. The molecule has 76 valence electrons. The van der Waals surface area contributed by atoms with E-state index < -0.39 is 0 Å². The lowest BCUT2D eigenvalue weighted by Gasteiger charge is -2.05. The van der Waals surface area contributed by atoms with Crippen molar-refractivity contribution in [1.82, 2.24) is 0 Å². The van der Waals surface area contributed by atoms with Crippen LogP contribution in [0, 0.1) is 23.2 Å². The Morgan fingerprint density at radius 1 is 1.47 bits per heavy atom. The van der Waals surface area contributed by atoms with Gasteiger partial charge in [-0.1, -0.05) is 11.6 Å². The predicted molar refractivity (Wildman–Crippen MR) is 59.7 cm³/mol. The van der Waals surface area contributed by atoms with Gasteiger partial charge < -0.3 is 4.74 Å². The van der Waals surface area contributed by atoms with Gasteiger partial charge >= 0.3 is 0 Å². The average molecular weight is 220 g/mol. The third-order valence-corrected chi connectivity index (χ3v) is 1.96. The standard InChI is InChI=1S/C12H10ClNO/c1-2-3-4-7-15-12-8-11(13)6-5-10(12)9-14/h5-6,8H,4,7H2,1H3. The quantitative estimate of drug-likeness (QED) is 0.578. The number of nitriles is 1. The van der Waals surface area contributed by atoms with Crippen LogP contribution in [-0.4, -0.2) is 6.61 Å². The minimum atomic E-state index is 0.468. The van der Waals surface area contributed by atoms with Crippen LogP contribution < -0.4 is 4.74 Å². The second-order valence-electron chi connectivity index (χ2n) is 2.78. The van der Waals surface area contributed by atoms with Gasteiger partial charge in [0.15, 0.2) is 0 Å². The van der Waals surface area contributed by atoms with Gasteiger partial charge in [-0.3, -0.25) is 0 Å². The smallest absolute Gasteiger partial charge is 0.138 e. The van der Waals surface area contributed by atoms with Gasteiger partial charge in [-0.05, 0) is 19.1 Å². The Balaban J connectivity index is 2.69. The van der Waals surface area contributed by atoms with E-state index in [4.69, 9.17) is 21.6 Å². The monoisotopic (exact) mass is 219 g/mol. The van der Waals surface area contributed by atoms with Gasteiger partial charge in [0.2, 0.25) is 0 Å². The molecule has 0 saturated carbocycles. The summed E-state index contributed by atoms with van der Waals surface area (Å²) in [6.07, 6.45) is 0.647. The zero-order valence-electron chi connectivity index (χ0n) is 8.38. The number of benzene rings is 1. The van der Waals surface area contributed by atoms with Crippen molar-refractivity contribution >= 4 is 11.6 Å². The van der Waals surface area contributed by atoms with E-state index in [2.05, 4.69) is 11.8 Å². The fraction of sp³-hybridized carbons (Fsp3) is 0.250. The summed E-state index contributed by atoms with van der Waals surface area (Å²) in [5.74, 6) is 6.17. The van der Waals surface area contributed by atoms with Crippen LogP contribution >= 0.6 is 11.6 Å². The largest absolute Gasteiger partial charge is 0.491 e. The zero-order valence-corrected chi connectivity index (χ0v) is 9.14. The molecule has 0 aliphatic rings. The summed E-state index contributed by atoms with van der Waals surface area (Å²) in [5.41, 5.74) is 0.490. The number of nitrogens with zero attached hydrogens (tertiary/aromatic N) is 1. The van der Waals surface area contributed by atoms with E-state index in [0.29, 0.717) is 29.4 Å². The lowest BCUT2D eigenvalue weighted by Crippen LogP contribution is -1.97. The lowest BCUT2D eigenvalue weighted by atomic mass is 10.2. The van der Waals surface area contributed by atoms with E-state index in [1.807, 2.05) is 6.07 Å². The molecule has 2 nitrogen and oxygen atoms in total. The molecule has 0 N–H and O–H groups in total. The van der Waals surface area contributed by atoms with Crippen LogP contribution in [0.25, 0.3) is 0 Å². The Morgan fingerprint density at radius 2 is 2.27 bits per heavy atom. The van der Waals surface area contributed by atoms with E-state index in [9.17, 15) is 0 Å². The third-order valence-electron chi connectivity index (χ3n) is 1.73. The first-order valence-electron chi connectivity index (χ1n) is 4.50. The van der Waals surface area contributed by atoms with Gasteiger partial charge in [-0.25, -0.2) is 0 Å². The molecular formula is C12H10ClNO. The number of hydrogen-bond acceptors (Lipinski definition) is 2. The highest BCUT2D eigenvalue weighted by Crippen LogP contribution is 2.22. The molecule has 0 aliphatic carbocycles. The second-order valence-corrected chi connectivity index (χ2v) is 3.21. The molecule has 0 amide bonds. The second kappa shape index (κ2) is 5.96. The third kappa shape index (κ3) is 3.54. The van der Waals surface area contributed by atoms with E-state index in [-0.39, 0.29) is 0 Å². The lowest BCUT2D eigenvalue weighted by molar-refractivity contribution is 0.326. The summed E-state index contributed by atoms with van der Waals surface area (Å²) in [4.78, 5) is 0. The minimum Gasteiger partial charge on any atom is -0.491 e. The maximum absolute atomic E-state index is 8.81. The molecule has 0 bridgehead atoms. The summed E-state index contributed by atoms with van der Waals surface area (Å²) in [5, 5.41) is 9.37. The van der Waals surface area contributed by atoms with Crippen molar-refractivity contribution in [2.75, 3.05) is 6.61 Å². The highest BCUT2D eigenvalue weighted by molar-refractivity contribution is 6.30. The average Bonchev–Trinajstić information content (AvgIpc) is 2.25. The zero-order chi connectivity index (χ0) is 11.1. The Labute approximate surface area is 94.4 Å². The Morgan fingerprint density at radius 3 is 2.93 bits per heavy atom. The van der Waals surface area contributed by atoms with E-state index in [0.717, 1.165) is 0 Å². The molecule has 1 rings (SSSR count). The minimum absolute atomic E-state index is 0.468. The molecular weight excluding hydrogens is 210 g/mol. The van der Waals surface area contributed by atoms with Crippen LogP contribution in [0.5, 0.6) is 5.75 Å². The molecule has 0 saturated heterocycles. The normalized spacial score (nSPS) is 8.60. The topological polar surface area (TPSA) is 33.0 Å². The Kier molecular flexibility index (Phi) is 4.54. The first-order chi connectivity index (χ1) is 7.27. The van der Waals surface area contributed by atoms with Gasteiger partial charge in [0.25, 0.3) is 0 Å². The molecule has 0 radical (unpaired) electrons. The first kappa shape index (κ1) is 11.4. The Bertz CT molecular complexity index is 437. The highest BCUT2D eigenvalue weighted by Gasteiger charge is 2.03. The van der Waals surface area contributed by atoms with Crippen LogP contribution in [0.3, 0.4) is 0 Å². The number of halogens is 1. The number of ether oxygens (including phenoxy) is 1.